The van der Waals surface area contributed by atoms with Gasteiger partial charge in [-0.05, 0) is 33.6 Å². The average molecular weight is 336 g/mol. The highest BCUT2D eigenvalue weighted by Gasteiger charge is 2.18. The van der Waals surface area contributed by atoms with Crippen molar-refractivity contribution in [3.8, 4) is 11.3 Å². The van der Waals surface area contributed by atoms with Gasteiger partial charge in [0.1, 0.15) is 5.82 Å². The minimum Gasteiger partial charge on any atom is -0.376 e. The van der Waals surface area contributed by atoms with E-state index < -0.39 is 0 Å². The van der Waals surface area contributed by atoms with Crippen LogP contribution in [0.25, 0.3) is 16.9 Å². The molecular weight excluding hydrogens is 312 g/mol. The summed E-state index contributed by atoms with van der Waals surface area (Å²) in [6, 6.07) is 10.5. The topological polar surface area (TPSA) is 51.5 Å². The summed E-state index contributed by atoms with van der Waals surface area (Å²) in [5.74, 6) is 0.972. The van der Waals surface area contributed by atoms with Gasteiger partial charge >= 0.3 is 0 Å². The molecule has 0 amide bonds. The van der Waals surface area contributed by atoms with Crippen LogP contribution in [0.15, 0.2) is 30.3 Å². The van der Waals surface area contributed by atoms with Crippen LogP contribution in [-0.4, -0.2) is 33.9 Å². The number of ether oxygens (including phenoxy) is 1. The van der Waals surface area contributed by atoms with E-state index in [1.807, 2.05) is 17.5 Å². The number of hydrogen-bond donors (Lipinski definition) is 1. The van der Waals surface area contributed by atoms with Crippen molar-refractivity contribution in [2.45, 2.75) is 39.7 Å². The van der Waals surface area contributed by atoms with Gasteiger partial charge in [-0.15, -0.1) is 0 Å². The molecule has 1 aliphatic rings. The third-order valence-electron chi connectivity index (χ3n) is 4.81. The number of rotatable bonds is 4. The average Bonchev–Trinajstić information content (AvgIpc) is 3.23. The van der Waals surface area contributed by atoms with E-state index in [-0.39, 0.29) is 6.10 Å². The molecule has 5 heteroatoms. The Kier molecular flexibility index (Phi) is 4.17. The van der Waals surface area contributed by atoms with E-state index >= 15 is 0 Å². The quantitative estimate of drug-likeness (QED) is 0.785. The molecule has 1 aliphatic heterocycles. The Morgan fingerprint density at radius 3 is 2.72 bits per heavy atom. The first-order valence-electron chi connectivity index (χ1n) is 8.91. The molecule has 1 atom stereocenters. The molecule has 1 aromatic carbocycles. The van der Waals surface area contributed by atoms with E-state index in [0.717, 1.165) is 60.0 Å². The molecule has 1 saturated heterocycles. The predicted octanol–water partition coefficient (Wildman–Crippen LogP) is 3.91. The highest BCUT2D eigenvalue weighted by Crippen LogP contribution is 2.27. The van der Waals surface area contributed by atoms with Gasteiger partial charge < -0.3 is 10.1 Å². The second-order valence-corrected chi connectivity index (χ2v) is 6.87. The molecule has 25 heavy (non-hydrogen) atoms. The molecule has 5 nitrogen and oxygen atoms in total. The summed E-state index contributed by atoms with van der Waals surface area (Å²) in [5.41, 5.74) is 6.35. The minimum atomic E-state index is 0.289. The summed E-state index contributed by atoms with van der Waals surface area (Å²) in [5, 5.41) is 8.36. The van der Waals surface area contributed by atoms with Gasteiger partial charge in [0.2, 0.25) is 0 Å². The lowest BCUT2D eigenvalue weighted by molar-refractivity contribution is 0.120. The largest absolute Gasteiger partial charge is 0.376 e. The first-order chi connectivity index (χ1) is 12.1. The maximum atomic E-state index is 5.72. The summed E-state index contributed by atoms with van der Waals surface area (Å²) >= 11 is 0. The fraction of sp³-hybridized carbons (Fsp3) is 0.400. The molecule has 0 aliphatic carbocycles. The van der Waals surface area contributed by atoms with Gasteiger partial charge in [-0.2, -0.15) is 9.61 Å². The van der Waals surface area contributed by atoms with E-state index in [1.54, 1.807) is 0 Å². The number of nitrogens with zero attached hydrogens (tertiary/aromatic N) is 3. The van der Waals surface area contributed by atoms with Gasteiger partial charge in [0, 0.05) is 36.0 Å². The van der Waals surface area contributed by atoms with Crippen molar-refractivity contribution in [3.05, 3.63) is 47.2 Å². The number of fused-ring (bicyclic) bond motifs is 1. The van der Waals surface area contributed by atoms with Crippen molar-refractivity contribution in [1.82, 2.24) is 14.6 Å². The Labute approximate surface area is 148 Å². The molecule has 2 aromatic heterocycles. The fourth-order valence-corrected chi connectivity index (χ4v) is 3.38. The van der Waals surface area contributed by atoms with Crippen molar-refractivity contribution in [2.75, 3.05) is 18.5 Å². The third-order valence-corrected chi connectivity index (χ3v) is 4.81. The smallest absolute Gasteiger partial charge is 0.161 e. The number of aryl methyl sites for hydroxylation is 3. The number of aromatic nitrogens is 3. The number of anilines is 1. The molecule has 0 bridgehead atoms. The molecule has 1 N–H and O–H groups in total. The Morgan fingerprint density at radius 1 is 1.20 bits per heavy atom. The van der Waals surface area contributed by atoms with Crippen LogP contribution in [0.1, 0.15) is 29.7 Å². The molecule has 3 heterocycles. The van der Waals surface area contributed by atoms with Gasteiger partial charge in [0.15, 0.2) is 5.65 Å². The van der Waals surface area contributed by atoms with Gasteiger partial charge in [-0.25, -0.2) is 4.98 Å². The van der Waals surface area contributed by atoms with Gasteiger partial charge in [-0.1, -0.05) is 29.8 Å². The van der Waals surface area contributed by atoms with Crippen LogP contribution in [0.4, 0.5) is 5.82 Å². The normalized spacial score (nSPS) is 17.3. The van der Waals surface area contributed by atoms with E-state index in [4.69, 9.17) is 14.8 Å². The van der Waals surface area contributed by atoms with Crippen LogP contribution < -0.4 is 5.32 Å². The van der Waals surface area contributed by atoms with Crippen LogP contribution in [0.5, 0.6) is 0 Å². The lowest BCUT2D eigenvalue weighted by Crippen LogP contribution is -2.20. The summed E-state index contributed by atoms with van der Waals surface area (Å²) in [7, 11) is 0. The zero-order valence-electron chi connectivity index (χ0n) is 15.0. The Morgan fingerprint density at radius 2 is 2.00 bits per heavy atom. The van der Waals surface area contributed by atoms with Crippen LogP contribution in [0, 0.1) is 20.8 Å². The van der Waals surface area contributed by atoms with Crippen molar-refractivity contribution in [3.63, 3.8) is 0 Å². The second-order valence-electron chi connectivity index (χ2n) is 6.87. The van der Waals surface area contributed by atoms with Crippen LogP contribution in [0.3, 0.4) is 0 Å². The Balaban J connectivity index is 1.73. The standard InChI is InChI=1S/C20H24N4O/c1-13-6-8-16(9-7-13)19-15(3)20-22-14(2)11-18(24(20)23-19)21-12-17-5-4-10-25-17/h6-9,11,17,21H,4-5,10,12H2,1-3H3/t17-/m1/s1. The number of hydrogen-bond acceptors (Lipinski definition) is 4. The molecular formula is C20H24N4O. The van der Waals surface area contributed by atoms with E-state index in [0.29, 0.717) is 0 Å². The Hall–Kier alpha value is -2.40. The van der Waals surface area contributed by atoms with Crippen LogP contribution in [-0.2, 0) is 4.74 Å². The van der Waals surface area contributed by atoms with Crippen molar-refractivity contribution < 1.29 is 4.74 Å². The fourth-order valence-electron chi connectivity index (χ4n) is 3.38. The molecule has 130 valence electrons. The third kappa shape index (κ3) is 3.12. The highest BCUT2D eigenvalue weighted by molar-refractivity contribution is 5.71. The van der Waals surface area contributed by atoms with Crippen molar-refractivity contribution >= 4 is 11.5 Å². The molecule has 0 spiro atoms. The molecule has 0 saturated carbocycles. The zero-order chi connectivity index (χ0) is 17.4. The van der Waals surface area contributed by atoms with Crippen molar-refractivity contribution in [1.29, 1.82) is 0 Å². The highest BCUT2D eigenvalue weighted by atomic mass is 16.5. The van der Waals surface area contributed by atoms with Crippen LogP contribution >= 0.6 is 0 Å². The first-order valence-corrected chi connectivity index (χ1v) is 8.91. The van der Waals surface area contributed by atoms with Crippen LogP contribution in [0.2, 0.25) is 0 Å². The number of benzene rings is 1. The van der Waals surface area contributed by atoms with E-state index in [1.165, 1.54) is 5.56 Å². The maximum Gasteiger partial charge on any atom is 0.161 e. The molecule has 0 unspecified atom stereocenters. The summed E-state index contributed by atoms with van der Waals surface area (Å²) in [6.07, 6.45) is 2.56. The van der Waals surface area contributed by atoms with E-state index in [9.17, 15) is 0 Å². The molecule has 0 radical (unpaired) electrons. The van der Waals surface area contributed by atoms with Gasteiger partial charge in [0.25, 0.3) is 0 Å². The van der Waals surface area contributed by atoms with Crippen molar-refractivity contribution in [2.24, 2.45) is 0 Å². The molecule has 1 fully saturated rings. The molecule has 3 aromatic rings. The monoisotopic (exact) mass is 336 g/mol. The first kappa shape index (κ1) is 16.1. The SMILES string of the molecule is Cc1ccc(-c2nn3c(NC[C@H]4CCCO4)cc(C)nc3c2C)cc1. The second kappa shape index (κ2) is 6.48. The summed E-state index contributed by atoms with van der Waals surface area (Å²) in [4.78, 5) is 4.71. The van der Waals surface area contributed by atoms with Gasteiger partial charge in [0.05, 0.1) is 11.8 Å². The minimum absolute atomic E-state index is 0.289. The summed E-state index contributed by atoms with van der Waals surface area (Å²) in [6.45, 7) is 7.88. The van der Waals surface area contributed by atoms with Gasteiger partial charge in [-0.3, -0.25) is 0 Å². The zero-order valence-corrected chi connectivity index (χ0v) is 15.0. The number of nitrogens with one attached hydrogen (secondary N) is 1. The Bertz CT molecular complexity index is 892. The predicted molar refractivity (Wildman–Crippen MR) is 100 cm³/mol. The maximum absolute atomic E-state index is 5.72. The molecule has 4 rings (SSSR count). The summed E-state index contributed by atoms with van der Waals surface area (Å²) < 4.78 is 7.64. The lowest BCUT2D eigenvalue weighted by atomic mass is 10.1. The van der Waals surface area contributed by atoms with E-state index in [2.05, 4.69) is 43.4 Å². The lowest BCUT2D eigenvalue weighted by Gasteiger charge is -2.13.